The van der Waals surface area contributed by atoms with Crippen molar-refractivity contribution in [3.63, 3.8) is 0 Å². The molecule has 0 saturated carbocycles. The molecule has 0 radical (unpaired) electrons. The summed E-state index contributed by atoms with van der Waals surface area (Å²) in [7, 11) is 0. The maximum Gasteiger partial charge on any atom is 0.163 e. The number of benzene rings is 2. The Labute approximate surface area is 119 Å². The lowest BCUT2D eigenvalue weighted by Crippen LogP contribution is -2.06. The topological polar surface area (TPSA) is 64.7 Å². The molecule has 5 heteroatoms. The second kappa shape index (κ2) is 4.64. The molecule has 0 spiro atoms. The lowest BCUT2D eigenvalue weighted by Gasteiger charge is -2.11. The van der Waals surface area contributed by atoms with Crippen LogP contribution in [0.1, 0.15) is 28.3 Å². The normalized spacial score (nSPS) is 16.8. The van der Waals surface area contributed by atoms with Crippen LogP contribution < -0.4 is 0 Å². The minimum Gasteiger partial charge on any atom is -0.294 e. The van der Waals surface area contributed by atoms with Crippen LogP contribution in [0.2, 0.25) is 0 Å². The van der Waals surface area contributed by atoms with Crippen molar-refractivity contribution in [2.75, 3.05) is 0 Å². The first-order valence-corrected chi connectivity index (χ1v) is 6.30. The molecule has 1 unspecified atom stereocenters. The molecule has 3 rings (SSSR count). The number of rotatable bonds is 1. The van der Waals surface area contributed by atoms with Gasteiger partial charge in [0.25, 0.3) is 0 Å². The molecule has 0 bridgehead atoms. The highest BCUT2D eigenvalue weighted by Crippen LogP contribution is 2.40. The van der Waals surface area contributed by atoms with Gasteiger partial charge < -0.3 is 0 Å². The van der Waals surface area contributed by atoms with Crippen LogP contribution in [0.3, 0.4) is 0 Å². The molecular formula is C16H8F2N2O. The molecular weight excluding hydrogens is 274 g/mol. The third kappa shape index (κ3) is 1.95. The average molecular weight is 282 g/mol. The molecule has 0 fully saturated rings. The quantitative estimate of drug-likeness (QED) is 0.804. The van der Waals surface area contributed by atoms with E-state index in [1.807, 2.05) is 12.1 Å². The van der Waals surface area contributed by atoms with Gasteiger partial charge in [0, 0.05) is 17.9 Å². The molecule has 2 aromatic carbocycles. The molecule has 3 nitrogen and oxygen atoms in total. The van der Waals surface area contributed by atoms with Crippen LogP contribution in [-0.4, -0.2) is 5.78 Å². The summed E-state index contributed by atoms with van der Waals surface area (Å²) in [5.74, 6) is -3.58. The molecule has 1 atom stereocenters. The highest BCUT2D eigenvalue weighted by atomic mass is 19.2. The number of halogens is 2. The van der Waals surface area contributed by atoms with E-state index in [2.05, 4.69) is 0 Å². The van der Waals surface area contributed by atoms with Gasteiger partial charge in [-0.1, -0.05) is 0 Å². The zero-order valence-electron chi connectivity index (χ0n) is 10.7. The van der Waals surface area contributed by atoms with Crippen LogP contribution in [0, 0.1) is 40.2 Å². The molecule has 102 valence electrons. The number of hydrogen-bond acceptors (Lipinski definition) is 3. The Balaban J connectivity index is 2.24. The summed E-state index contributed by atoms with van der Waals surface area (Å²) in [6.45, 7) is 0. The Hall–Kier alpha value is -2.79. The van der Waals surface area contributed by atoms with Crippen LogP contribution in [0.5, 0.6) is 0 Å². The summed E-state index contributed by atoms with van der Waals surface area (Å²) in [6, 6.07) is 8.92. The van der Waals surface area contributed by atoms with E-state index in [-0.39, 0.29) is 12.2 Å². The Morgan fingerprint density at radius 2 is 1.62 bits per heavy atom. The Kier molecular flexibility index (Phi) is 2.92. The number of carbonyl (C=O) groups is 1. The molecule has 0 saturated heterocycles. The Morgan fingerprint density at radius 1 is 1.05 bits per heavy atom. The SMILES string of the molecule is N#CC(C#N)C1CC(=O)c2cc3cc(F)c(F)cc3cc21. The van der Waals surface area contributed by atoms with Crippen LogP contribution in [0.4, 0.5) is 8.78 Å². The molecule has 21 heavy (non-hydrogen) atoms. The Bertz CT molecular complexity index is 847. The molecule has 0 aromatic heterocycles. The molecule has 0 aliphatic heterocycles. The van der Waals surface area contributed by atoms with Gasteiger partial charge in [-0.3, -0.25) is 4.79 Å². The van der Waals surface area contributed by atoms with Gasteiger partial charge in [0.15, 0.2) is 17.4 Å². The number of fused-ring (bicyclic) bond motifs is 2. The van der Waals surface area contributed by atoms with Crippen LogP contribution in [-0.2, 0) is 0 Å². The summed E-state index contributed by atoms with van der Waals surface area (Å²) in [5.41, 5.74) is 0.945. The van der Waals surface area contributed by atoms with E-state index < -0.39 is 23.5 Å². The van der Waals surface area contributed by atoms with Crippen molar-refractivity contribution in [1.82, 2.24) is 0 Å². The molecule has 1 aliphatic rings. The summed E-state index contributed by atoms with van der Waals surface area (Å²) in [6.07, 6.45) is 0.0718. The van der Waals surface area contributed by atoms with Crippen molar-refractivity contribution in [1.29, 1.82) is 10.5 Å². The number of hydrogen-bond donors (Lipinski definition) is 0. The largest absolute Gasteiger partial charge is 0.294 e. The lowest BCUT2D eigenvalue weighted by atomic mass is 9.88. The predicted octanol–water partition coefficient (Wildman–Crippen LogP) is 3.45. The molecule has 2 aromatic rings. The van der Waals surface area contributed by atoms with Gasteiger partial charge >= 0.3 is 0 Å². The van der Waals surface area contributed by atoms with Crippen molar-refractivity contribution in [3.8, 4) is 12.1 Å². The fraction of sp³-hybridized carbons (Fsp3) is 0.188. The minimum absolute atomic E-state index is 0.0718. The predicted molar refractivity (Wildman–Crippen MR) is 70.3 cm³/mol. The second-order valence-electron chi connectivity index (χ2n) is 5.02. The van der Waals surface area contributed by atoms with E-state index in [0.717, 1.165) is 12.1 Å². The van der Waals surface area contributed by atoms with Crippen molar-refractivity contribution in [2.24, 2.45) is 5.92 Å². The second-order valence-corrected chi connectivity index (χ2v) is 5.02. The van der Waals surface area contributed by atoms with Gasteiger partial charge in [-0.05, 0) is 40.6 Å². The van der Waals surface area contributed by atoms with E-state index in [4.69, 9.17) is 10.5 Å². The third-order valence-electron chi connectivity index (χ3n) is 3.83. The first-order chi connectivity index (χ1) is 10.0. The number of carbonyl (C=O) groups excluding carboxylic acids is 1. The maximum absolute atomic E-state index is 13.3. The van der Waals surface area contributed by atoms with Gasteiger partial charge in [0.1, 0.15) is 5.92 Å². The number of Topliss-reactive ketones (excluding diaryl/α,β-unsaturated/α-hetero) is 1. The number of ketones is 1. The van der Waals surface area contributed by atoms with E-state index in [1.54, 1.807) is 6.07 Å². The number of nitrogens with zero attached hydrogens (tertiary/aromatic N) is 2. The Morgan fingerprint density at radius 3 is 2.19 bits per heavy atom. The zero-order valence-corrected chi connectivity index (χ0v) is 10.7. The summed E-state index contributed by atoms with van der Waals surface area (Å²) in [4.78, 5) is 12.0. The first-order valence-electron chi connectivity index (χ1n) is 6.30. The molecule has 0 heterocycles. The van der Waals surface area contributed by atoms with Crippen LogP contribution in [0.25, 0.3) is 10.8 Å². The van der Waals surface area contributed by atoms with Crippen LogP contribution in [0.15, 0.2) is 24.3 Å². The fourth-order valence-electron chi connectivity index (χ4n) is 2.79. The standard InChI is InChI=1S/C16H8F2N2O/c17-14-3-8-1-12-11(10(6-19)7-20)5-16(21)13(12)2-9(8)4-15(14)18/h1-4,10-11H,5H2. The van der Waals surface area contributed by atoms with Crippen molar-refractivity contribution >= 4 is 16.6 Å². The van der Waals surface area contributed by atoms with Crippen molar-refractivity contribution < 1.29 is 13.6 Å². The molecule has 0 amide bonds. The van der Waals surface area contributed by atoms with Gasteiger partial charge in [0.2, 0.25) is 0 Å². The maximum atomic E-state index is 13.3. The van der Waals surface area contributed by atoms with Crippen molar-refractivity contribution in [2.45, 2.75) is 12.3 Å². The van der Waals surface area contributed by atoms with E-state index in [9.17, 15) is 13.6 Å². The average Bonchev–Trinajstić information content (AvgIpc) is 2.77. The summed E-state index contributed by atoms with van der Waals surface area (Å²) in [5, 5.41) is 18.9. The molecule has 1 aliphatic carbocycles. The smallest absolute Gasteiger partial charge is 0.163 e. The van der Waals surface area contributed by atoms with Gasteiger partial charge in [-0.2, -0.15) is 10.5 Å². The first kappa shape index (κ1) is 13.2. The van der Waals surface area contributed by atoms with Crippen LogP contribution >= 0.6 is 0 Å². The fourth-order valence-corrected chi connectivity index (χ4v) is 2.79. The van der Waals surface area contributed by atoms with E-state index in [1.165, 1.54) is 6.07 Å². The van der Waals surface area contributed by atoms with Crippen molar-refractivity contribution in [3.05, 3.63) is 47.0 Å². The summed E-state index contributed by atoms with van der Waals surface area (Å²) >= 11 is 0. The van der Waals surface area contributed by atoms with Gasteiger partial charge in [-0.15, -0.1) is 0 Å². The number of nitriles is 2. The van der Waals surface area contributed by atoms with E-state index >= 15 is 0 Å². The van der Waals surface area contributed by atoms with E-state index in [0.29, 0.717) is 21.9 Å². The zero-order chi connectivity index (χ0) is 15.1. The lowest BCUT2D eigenvalue weighted by molar-refractivity contribution is 0.0987. The highest BCUT2D eigenvalue weighted by Gasteiger charge is 2.35. The monoisotopic (exact) mass is 282 g/mol. The minimum atomic E-state index is -0.976. The highest BCUT2D eigenvalue weighted by molar-refractivity contribution is 6.05. The van der Waals surface area contributed by atoms with Gasteiger partial charge in [0.05, 0.1) is 12.1 Å². The summed E-state index contributed by atoms with van der Waals surface area (Å²) < 4.78 is 26.6. The van der Waals surface area contributed by atoms with Gasteiger partial charge in [-0.25, -0.2) is 8.78 Å². The third-order valence-corrected chi connectivity index (χ3v) is 3.83. The molecule has 0 N–H and O–H groups in total.